The Morgan fingerprint density at radius 2 is 2.18 bits per heavy atom. The van der Waals surface area contributed by atoms with Crippen molar-refractivity contribution in [1.29, 1.82) is 0 Å². The Bertz CT molecular complexity index is 291. The highest BCUT2D eigenvalue weighted by molar-refractivity contribution is 5.78. The molecular formula is C13H24N2O2. The van der Waals surface area contributed by atoms with Gasteiger partial charge in [-0.3, -0.25) is 4.79 Å². The highest BCUT2D eigenvalue weighted by atomic mass is 16.4. The van der Waals surface area contributed by atoms with Gasteiger partial charge in [-0.05, 0) is 45.1 Å². The van der Waals surface area contributed by atoms with Crippen LogP contribution in [0.2, 0.25) is 0 Å². The Morgan fingerprint density at radius 3 is 2.71 bits per heavy atom. The number of carboxylic acids is 1. The van der Waals surface area contributed by atoms with Crippen molar-refractivity contribution in [3.63, 3.8) is 0 Å². The third-order valence-corrected chi connectivity index (χ3v) is 4.34. The van der Waals surface area contributed by atoms with Crippen LogP contribution in [0.3, 0.4) is 0 Å². The van der Waals surface area contributed by atoms with Crippen LogP contribution in [0.25, 0.3) is 0 Å². The number of nitrogens with one attached hydrogen (secondary N) is 1. The summed E-state index contributed by atoms with van der Waals surface area (Å²) in [6.45, 7) is 6.89. The molecular weight excluding hydrogens is 216 g/mol. The molecule has 0 aromatic rings. The van der Waals surface area contributed by atoms with Gasteiger partial charge in [-0.15, -0.1) is 0 Å². The smallest absolute Gasteiger partial charge is 0.323 e. The lowest BCUT2D eigenvalue weighted by atomic mass is 9.97. The molecule has 4 heteroatoms. The van der Waals surface area contributed by atoms with Crippen molar-refractivity contribution < 1.29 is 9.90 Å². The first-order valence-corrected chi connectivity index (χ1v) is 6.77. The zero-order chi connectivity index (χ0) is 12.5. The zero-order valence-corrected chi connectivity index (χ0v) is 10.9. The van der Waals surface area contributed by atoms with Gasteiger partial charge in [0.25, 0.3) is 0 Å². The lowest BCUT2D eigenvalue weighted by Gasteiger charge is -2.26. The van der Waals surface area contributed by atoms with E-state index in [1.54, 1.807) is 6.92 Å². The second-order valence-corrected chi connectivity index (χ2v) is 5.75. The van der Waals surface area contributed by atoms with Crippen LogP contribution in [0, 0.1) is 5.92 Å². The summed E-state index contributed by atoms with van der Waals surface area (Å²) in [6.07, 6.45) is 4.56. The van der Waals surface area contributed by atoms with E-state index in [0.29, 0.717) is 12.3 Å². The lowest BCUT2D eigenvalue weighted by molar-refractivity contribution is -0.144. The van der Waals surface area contributed by atoms with Crippen LogP contribution < -0.4 is 5.32 Å². The molecule has 0 radical (unpaired) electrons. The molecule has 2 N–H and O–H groups in total. The van der Waals surface area contributed by atoms with E-state index < -0.39 is 11.5 Å². The highest BCUT2D eigenvalue weighted by Gasteiger charge is 2.36. The van der Waals surface area contributed by atoms with Crippen LogP contribution >= 0.6 is 0 Å². The van der Waals surface area contributed by atoms with Gasteiger partial charge in [-0.1, -0.05) is 6.92 Å². The molecule has 0 amide bonds. The molecule has 2 rings (SSSR count). The molecule has 98 valence electrons. The number of carbonyl (C=O) groups is 1. The van der Waals surface area contributed by atoms with Gasteiger partial charge < -0.3 is 15.3 Å². The Labute approximate surface area is 103 Å². The fourth-order valence-electron chi connectivity index (χ4n) is 2.52. The molecule has 0 bridgehead atoms. The van der Waals surface area contributed by atoms with Crippen molar-refractivity contribution in [2.24, 2.45) is 5.92 Å². The number of likely N-dealkylation sites (tertiary alicyclic amines) is 1. The van der Waals surface area contributed by atoms with Gasteiger partial charge in [0.15, 0.2) is 0 Å². The maximum atomic E-state index is 11.2. The Kier molecular flexibility index (Phi) is 3.73. The van der Waals surface area contributed by atoms with Gasteiger partial charge in [0.1, 0.15) is 5.54 Å². The first-order valence-electron chi connectivity index (χ1n) is 6.77. The molecule has 1 saturated carbocycles. The van der Waals surface area contributed by atoms with Gasteiger partial charge in [-0.2, -0.15) is 0 Å². The van der Waals surface area contributed by atoms with Crippen LogP contribution in [0.4, 0.5) is 0 Å². The summed E-state index contributed by atoms with van der Waals surface area (Å²) in [5.74, 6) is -0.113. The Hall–Kier alpha value is -0.610. The minimum absolute atomic E-state index is 0.626. The second-order valence-electron chi connectivity index (χ2n) is 5.75. The Balaban J connectivity index is 1.76. The fraction of sp³-hybridized carbons (Fsp3) is 0.923. The maximum Gasteiger partial charge on any atom is 0.323 e. The number of aliphatic carboxylic acids is 1. The molecule has 4 nitrogen and oxygen atoms in total. The normalized spacial score (nSPS) is 29.2. The van der Waals surface area contributed by atoms with Crippen LogP contribution in [-0.4, -0.2) is 47.2 Å². The predicted octanol–water partition coefficient (Wildman–Crippen LogP) is 1.31. The average Bonchev–Trinajstić information content (AvgIpc) is 3.05. The summed E-state index contributed by atoms with van der Waals surface area (Å²) < 4.78 is 0. The van der Waals surface area contributed by atoms with Crippen molar-refractivity contribution in [3.8, 4) is 0 Å². The number of hydrogen-bond acceptors (Lipinski definition) is 3. The van der Waals surface area contributed by atoms with Crippen molar-refractivity contribution in [2.45, 2.75) is 51.1 Å². The first-order chi connectivity index (χ1) is 8.05. The van der Waals surface area contributed by atoms with E-state index in [1.807, 2.05) is 6.92 Å². The minimum atomic E-state index is -0.757. The summed E-state index contributed by atoms with van der Waals surface area (Å²) in [6, 6.07) is 0.844. The van der Waals surface area contributed by atoms with E-state index in [9.17, 15) is 9.90 Å². The van der Waals surface area contributed by atoms with Gasteiger partial charge in [0, 0.05) is 19.1 Å². The molecule has 1 heterocycles. The fourth-order valence-corrected chi connectivity index (χ4v) is 2.52. The van der Waals surface area contributed by atoms with E-state index in [-0.39, 0.29) is 0 Å². The van der Waals surface area contributed by atoms with E-state index in [4.69, 9.17) is 0 Å². The molecule has 2 aliphatic rings. The van der Waals surface area contributed by atoms with Gasteiger partial charge >= 0.3 is 5.97 Å². The molecule has 0 aromatic carbocycles. The summed E-state index contributed by atoms with van der Waals surface area (Å²) >= 11 is 0. The third-order valence-electron chi connectivity index (χ3n) is 4.34. The van der Waals surface area contributed by atoms with Crippen LogP contribution in [0.15, 0.2) is 0 Å². The van der Waals surface area contributed by atoms with Crippen molar-refractivity contribution >= 4 is 5.97 Å². The highest BCUT2D eigenvalue weighted by Crippen LogP contribution is 2.31. The van der Waals surface area contributed by atoms with Crippen molar-refractivity contribution in [3.05, 3.63) is 0 Å². The quantitative estimate of drug-likeness (QED) is 0.735. The summed E-state index contributed by atoms with van der Waals surface area (Å²) in [5, 5.41) is 12.4. The number of hydrogen-bond donors (Lipinski definition) is 2. The average molecular weight is 240 g/mol. The molecule has 1 aliphatic heterocycles. The standard InChI is InChI=1S/C13H24N2O2/c1-3-13(2,12(16)17)14-8-10-6-7-15(9-10)11-4-5-11/h10-11,14H,3-9H2,1-2H3,(H,16,17). The van der Waals surface area contributed by atoms with Crippen molar-refractivity contribution in [2.75, 3.05) is 19.6 Å². The zero-order valence-electron chi connectivity index (χ0n) is 10.9. The summed E-state index contributed by atoms with van der Waals surface area (Å²) in [4.78, 5) is 13.7. The topological polar surface area (TPSA) is 52.6 Å². The molecule has 0 aromatic heterocycles. The predicted molar refractivity (Wildman–Crippen MR) is 67.0 cm³/mol. The van der Waals surface area contributed by atoms with E-state index in [0.717, 1.165) is 19.1 Å². The monoisotopic (exact) mass is 240 g/mol. The van der Waals surface area contributed by atoms with Crippen LogP contribution in [-0.2, 0) is 4.79 Å². The molecule has 2 fully saturated rings. The van der Waals surface area contributed by atoms with Gasteiger partial charge in [-0.25, -0.2) is 0 Å². The van der Waals surface area contributed by atoms with Gasteiger partial charge in [0.2, 0.25) is 0 Å². The third kappa shape index (κ3) is 2.99. The van der Waals surface area contributed by atoms with E-state index in [2.05, 4.69) is 10.2 Å². The maximum absolute atomic E-state index is 11.2. The number of carboxylic acid groups (broad SMARTS) is 1. The van der Waals surface area contributed by atoms with E-state index >= 15 is 0 Å². The van der Waals surface area contributed by atoms with Crippen molar-refractivity contribution in [1.82, 2.24) is 10.2 Å². The molecule has 0 spiro atoms. The minimum Gasteiger partial charge on any atom is -0.480 e. The largest absolute Gasteiger partial charge is 0.480 e. The number of rotatable bonds is 6. The molecule has 2 atom stereocenters. The molecule has 17 heavy (non-hydrogen) atoms. The summed E-state index contributed by atoms with van der Waals surface area (Å²) in [5.41, 5.74) is -0.757. The first kappa shape index (κ1) is 12.8. The molecule has 1 saturated heterocycles. The Morgan fingerprint density at radius 1 is 1.47 bits per heavy atom. The van der Waals surface area contributed by atoms with Gasteiger partial charge in [0.05, 0.1) is 0 Å². The lowest BCUT2D eigenvalue weighted by Crippen LogP contribution is -2.50. The molecule has 1 aliphatic carbocycles. The number of nitrogens with zero attached hydrogens (tertiary/aromatic N) is 1. The second kappa shape index (κ2) is 4.94. The van der Waals surface area contributed by atoms with E-state index in [1.165, 1.54) is 25.8 Å². The SMILES string of the molecule is CCC(C)(NCC1CCN(C2CC2)C1)C(=O)O. The van der Waals surface area contributed by atoms with Crippen LogP contribution in [0.1, 0.15) is 39.5 Å². The molecule has 2 unspecified atom stereocenters. The van der Waals surface area contributed by atoms with Crippen LogP contribution in [0.5, 0.6) is 0 Å². The summed E-state index contributed by atoms with van der Waals surface area (Å²) in [7, 11) is 0.